The molecule has 1 fully saturated rings. The Hall–Kier alpha value is -2.06. The van der Waals surface area contributed by atoms with Crippen molar-refractivity contribution >= 4 is 40.8 Å². The number of nitrogens with one attached hydrogen (secondary N) is 1. The van der Waals surface area contributed by atoms with Crippen LogP contribution < -0.4 is 10.2 Å². The van der Waals surface area contributed by atoms with E-state index in [1.54, 1.807) is 6.07 Å². The van der Waals surface area contributed by atoms with Gasteiger partial charge in [0.1, 0.15) is 11.9 Å². The fourth-order valence-electron chi connectivity index (χ4n) is 2.22. The molecule has 1 N–H and O–H groups in total. The minimum Gasteiger partial charge on any atom is -0.339 e. The third kappa shape index (κ3) is 2.79. The lowest BCUT2D eigenvalue weighted by molar-refractivity contribution is -0.118. The first-order chi connectivity index (χ1) is 10.6. The summed E-state index contributed by atoms with van der Waals surface area (Å²) in [6.45, 7) is 0.389. The lowest BCUT2D eigenvalue weighted by Crippen LogP contribution is -2.41. The number of carbonyl (C=O) groups is 2. The maximum absolute atomic E-state index is 13.5. The SMILES string of the molecule is O=C(NC1CCN(c2ccc(Cl)c(F)c2)C1=O)c1cnsn1. The van der Waals surface area contributed by atoms with Gasteiger partial charge < -0.3 is 10.2 Å². The number of hydrogen-bond acceptors (Lipinski definition) is 5. The first-order valence-electron chi connectivity index (χ1n) is 6.41. The van der Waals surface area contributed by atoms with Gasteiger partial charge in [-0.2, -0.15) is 8.75 Å². The van der Waals surface area contributed by atoms with E-state index in [1.165, 1.54) is 23.2 Å². The van der Waals surface area contributed by atoms with Crippen LogP contribution in [0.5, 0.6) is 0 Å². The summed E-state index contributed by atoms with van der Waals surface area (Å²) in [6, 6.07) is 3.51. The molecule has 3 rings (SSSR count). The molecule has 9 heteroatoms. The quantitative estimate of drug-likeness (QED) is 0.925. The van der Waals surface area contributed by atoms with Crippen molar-refractivity contribution in [2.45, 2.75) is 12.5 Å². The number of aromatic nitrogens is 2. The summed E-state index contributed by atoms with van der Waals surface area (Å²) in [5.74, 6) is -1.33. The molecule has 2 aromatic rings. The smallest absolute Gasteiger partial charge is 0.273 e. The Morgan fingerprint density at radius 3 is 3.00 bits per heavy atom. The van der Waals surface area contributed by atoms with Gasteiger partial charge in [-0.1, -0.05) is 11.6 Å². The number of anilines is 1. The predicted octanol–water partition coefficient (Wildman–Crippen LogP) is 1.87. The zero-order valence-corrected chi connectivity index (χ0v) is 12.7. The van der Waals surface area contributed by atoms with Crippen LogP contribution in [0, 0.1) is 5.82 Å². The number of nitrogens with zero attached hydrogens (tertiary/aromatic N) is 3. The molecule has 0 spiro atoms. The molecule has 0 bridgehead atoms. The first-order valence-corrected chi connectivity index (χ1v) is 7.52. The van der Waals surface area contributed by atoms with Crippen LogP contribution in [0.3, 0.4) is 0 Å². The van der Waals surface area contributed by atoms with E-state index >= 15 is 0 Å². The Bertz CT molecular complexity index is 725. The summed E-state index contributed by atoms with van der Waals surface area (Å²) in [5, 5.41) is 2.61. The predicted molar refractivity (Wildman–Crippen MR) is 79.5 cm³/mol. The van der Waals surface area contributed by atoms with Crippen LogP contribution in [0.4, 0.5) is 10.1 Å². The van der Waals surface area contributed by atoms with Crippen LogP contribution in [0.1, 0.15) is 16.9 Å². The molecule has 22 heavy (non-hydrogen) atoms. The molecule has 1 atom stereocenters. The van der Waals surface area contributed by atoms with Gasteiger partial charge in [0.05, 0.1) is 22.9 Å². The fourth-order valence-corrected chi connectivity index (χ4v) is 2.75. The van der Waals surface area contributed by atoms with Gasteiger partial charge in [0.2, 0.25) is 5.91 Å². The second-order valence-corrected chi connectivity index (χ2v) is 5.66. The van der Waals surface area contributed by atoms with Crippen LogP contribution in [0.2, 0.25) is 5.02 Å². The number of benzene rings is 1. The van der Waals surface area contributed by atoms with Gasteiger partial charge in [-0.05, 0) is 24.6 Å². The average Bonchev–Trinajstić information content (AvgIpc) is 3.13. The number of halogens is 2. The number of rotatable bonds is 3. The molecule has 0 radical (unpaired) electrons. The van der Waals surface area contributed by atoms with Crippen molar-refractivity contribution in [3.8, 4) is 0 Å². The topological polar surface area (TPSA) is 75.2 Å². The van der Waals surface area contributed by atoms with Gasteiger partial charge in [0, 0.05) is 12.2 Å². The van der Waals surface area contributed by atoms with Crippen molar-refractivity contribution in [2.75, 3.05) is 11.4 Å². The molecule has 0 saturated carbocycles. The molecule has 0 aliphatic carbocycles. The van der Waals surface area contributed by atoms with Crippen LogP contribution in [-0.4, -0.2) is 33.1 Å². The highest BCUT2D eigenvalue weighted by molar-refractivity contribution is 6.99. The monoisotopic (exact) mass is 340 g/mol. The molecule has 1 aromatic carbocycles. The highest BCUT2D eigenvalue weighted by Gasteiger charge is 2.34. The molecular weight excluding hydrogens is 331 g/mol. The van der Waals surface area contributed by atoms with Crippen LogP contribution in [0.15, 0.2) is 24.4 Å². The molecule has 1 aliphatic heterocycles. The summed E-state index contributed by atoms with van der Waals surface area (Å²) in [6.07, 6.45) is 1.78. The van der Waals surface area contributed by atoms with E-state index in [4.69, 9.17) is 11.6 Å². The van der Waals surface area contributed by atoms with E-state index in [-0.39, 0.29) is 16.6 Å². The lowest BCUT2D eigenvalue weighted by Gasteiger charge is -2.17. The van der Waals surface area contributed by atoms with Crippen molar-refractivity contribution in [1.82, 2.24) is 14.1 Å². The van der Waals surface area contributed by atoms with E-state index in [1.807, 2.05) is 0 Å². The molecule has 2 amide bonds. The van der Waals surface area contributed by atoms with Gasteiger partial charge in [-0.25, -0.2) is 4.39 Å². The van der Waals surface area contributed by atoms with E-state index in [2.05, 4.69) is 14.1 Å². The van der Waals surface area contributed by atoms with Crippen molar-refractivity contribution in [2.24, 2.45) is 0 Å². The summed E-state index contributed by atoms with van der Waals surface area (Å²) < 4.78 is 21.0. The van der Waals surface area contributed by atoms with Crippen LogP contribution >= 0.6 is 23.3 Å². The molecule has 2 heterocycles. The zero-order chi connectivity index (χ0) is 15.7. The maximum atomic E-state index is 13.5. The van der Waals surface area contributed by atoms with Crippen LogP contribution in [0.25, 0.3) is 0 Å². The van der Waals surface area contributed by atoms with Gasteiger partial charge in [-0.3, -0.25) is 9.59 Å². The van der Waals surface area contributed by atoms with Gasteiger partial charge in [0.25, 0.3) is 5.91 Å². The van der Waals surface area contributed by atoms with Gasteiger partial charge >= 0.3 is 0 Å². The summed E-state index contributed by atoms with van der Waals surface area (Å²) in [7, 11) is 0. The normalized spacial score (nSPS) is 17.8. The van der Waals surface area contributed by atoms with Crippen molar-refractivity contribution < 1.29 is 14.0 Å². The second kappa shape index (κ2) is 5.98. The van der Waals surface area contributed by atoms with E-state index in [0.717, 1.165) is 11.7 Å². The summed E-state index contributed by atoms with van der Waals surface area (Å²) in [5.41, 5.74) is 0.591. The Balaban J connectivity index is 1.72. The molecule has 1 aliphatic rings. The average molecular weight is 341 g/mol. The van der Waals surface area contributed by atoms with Crippen molar-refractivity contribution in [3.05, 3.63) is 40.9 Å². The largest absolute Gasteiger partial charge is 0.339 e. The van der Waals surface area contributed by atoms with Crippen molar-refractivity contribution in [3.63, 3.8) is 0 Å². The summed E-state index contributed by atoms with van der Waals surface area (Å²) in [4.78, 5) is 25.6. The standard InChI is InChI=1S/C13H10ClFN4O2S/c14-8-2-1-7(5-9(8)15)19-4-3-10(13(19)21)17-12(20)11-6-16-22-18-11/h1-2,5-6,10H,3-4H2,(H,17,20). The maximum Gasteiger partial charge on any atom is 0.273 e. The van der Waals surface area contributed by atoms with Crippen LogP contribution in [-0.2, 0) is 4.79 Å². The Morgan fingerprint density at radius 1 is 1.50 bits per heavy atom. The Morgan fingerprint density at radius 2 is 2.32 bits per heavy atom. The van der Waals surface area contributed by atoms with E-state index in [0.29, 0.717) is 18.7 Å². The minimum atomic E-state index is -0.659. The number of amides is 2. The zero-order valence-electron chi connectivity index (χ0n) is 11.1. The summed E-state index contributed by atoms with van der Waals surface area (Å²) >= 11 is 6.55. The third-order valence-corrected chi connectivity index (χ3v) is 4.10. The molecule has 114 valence electrons. The molecule has 6 nitrogen and oxygen atoms in total. The molecule has 1 unspecified atom stereocenters. The minimum absolute atomic E-state index is 0.00344. The number of carbonyl (C=O) groups excluding carboxylic acids is 2. The molecular formula is C13H10ClFN4O2S. The van der Waals surface area contributed by atoms with E-state index in [9.17, 15) is 14.0 Å². The third-order valence-electron chi connectivity index (χ3n) is 3.32. The number of hydrogen-bond donors (Lipinski definition) is 1. The van der Waals surface area contributed by atoms with E-state index < -0.39 is 17.8 Å². The lowest BCUT2D eigenvalue weighted by atomic mass is 10.2. The Kier molecular flexibility index (Phi) is 4.04. The second-order valence-electron chi connectivity index (χ2n) is 4.70. The van der Waals surface area contributed by atoms with Gasteiger partial charge in [-0.15, -0.1) is 0 Å². The molecule has 1 saturated heterocycles. The highest BCUT2D eigenvalue weighted by Crippen LogP contribution is 2.25. The Labute approximate surface area is 134 Å². The molecule has 1 aromatic heterocycles. The van der Waals surface area contributed by atoms with Crippen molar-refractivity contribution in [1.29, 1.82) is 0 Å². The highest BCUT2D eigenvalue weighted by atomic mass is 35.5. The van der Waals surface area contributed by atoms with Gasteiger partial charge in [0.15, 0.2) is 5.69 Å². The first kappa shape index (κ1) is 14.9. The fraction of sp³-hybridized carbons (Fsp3) is 0.231.